The molecule has 18 heavy (non-hydrogen) atoms. The maximum Gasteiger partial charge on any atom is 0.167 e. The van der Waals surface area contributed by atoms with Crippen molar-refractivity contribution in [2.24, 2.45) is 0 Å². The number of nitrogens with zero attached hydrogens (tertiary/aromatic N) is 2. The summed E-state index contributed by atoms with van der Waals surface area (Å²) < 4.78 is 7.55. The normalized spacial score (nSPS) is 23.5. The summed E-state index contributed by atoms with van der Waals surface area (Å²) >= 11 is 0. The molecule has 100 valence electrons. The Morgan fingerprint density at radius 1 is 1.50 bits per heavy atom. The number of hydrogen-bond donors (Lipinski definition) is 0. The van der Waals surface area contributed by atoms with E-state index in [0.29, 0.717) is 6.42 Å². The maximum atomic E-state index is 12.2. The van der Waals surface area contributed by atoms with Crippen molar-refractivity contribution < 1.29 is 9.53 Å². The first-order valence-electron chi connectivity index (χ1n) is 6.87. The summed E-state index contributed by atoms with van der Waals surface area (Å²) in [7, 11) is 0. The number of aromatic nitrogens is 2. The van der Waals surface area contributed by atoms with Crippen LogP contribution in [0.2, 0.25) is 0 Å². The molecule has 0 bridgehead atoms. The highest BCUT2D eigenvalue weighted by Gasteiger charge is 2.28. The van der Waals surface area contributed by atoms with E-state index in [1.54, 1.807) is 0 Å². The Kier molecular flexibility index (Phi) is 4.17. The van der Waals surface area contributed by atoms with E-state index < -0.39 is 0 Å². The van der Waals surface area contributed by atoms with Gasteiger partial charge >= 0.3 is 0 Å². The molecule has 2 unspecified atom stereocenters. The van der Waals surface area contributed by atoms with Crippen LogP contribution in [0.4, 0.5) is 0 Å². The van der Waals surface area contributed by atoms with Crippen LogP contribution in [-0.4, -0.2) is 27.8 Å². The van der Waals surface area contributed by atoms with Gasteiger partial charge in [-0.2, -0.15) is 5.10 Å². The molecule has 1 saturated heterocycles. The average molecular weight is 250 g/mol. The van der Waals surface area contributed by atoms with Crippen molar-refractivity contribution in [3.05, 3.63) is 17.5 Å². The Balaban J connectivity index is 2.04. The molecule has 0 spiro atoms. The molecule has 0 saturated carbocycles. The highest BCUT2D eigenvalue weighted by molar-refractivity contribution is 5.85. The number of Topliss-reactive ketones (excluding diaryl/α,β-unsaturated/α-hetero) is 1. The third-order valence-electron chi connectivity index (χ3n) is 3.52. The lowest BCUT2D eigenvalue weighted by molar-refractivity contribution is -0.128. The van der Waals surface area contributed by atoms with Crippen LogP contribution >= 0.6 is 0 Å². The second kappa shape index (κ2) is 5.65. The van der Waals surface area contributed by atoms with Gasteiger partial charge in [0.2, 0.25) is 0 Å². The van der Waals surface area contributed by atoms with Gasteiger partial charge in [0, 0.05) is 12.2 Å². The lowest BCUT2D eigenvalue weighted by Crippen LogP contribution is -2.23. The smallest absolute Gasteiger partial charge is 0.167 e. The molecule has 0 aliphatic carbocycles. The molecule has 2 rings (SSSR count). The van der Waals surface area contributed by atoms with Crippen molar-refractivity contribution in [1.82, 2.24) is 9.78 Å². The quantitative estimate of drug-likeness (QED) is 0.804. The van der Waals surface area contributed by atoms with E-state index in [4.69, 9.17) is 4.74 Å². The zero-order valence-corrected chi connectivity index (χ0v) is 11.5. The zero-order valence-electron chi connectivity index (χ0n) is 11.5. The summed E-state index contributed by atoms with van der Waals surface area (Å²) in [6.45, 7) is 6.97. The van der Waals surface area contributed by atoms with Crippen LogP contribution in [0.3, 0.4) is 0 Å². The minimum absolute atomic E-state index is 0.191. The number of hydrogen-bond acceptors (Lipinski definition) is 3. The number of rotatable bonds is 5. The number of ether oxygens (including phenoxy) is 1. The SMILES string of the molecule is CCc1cc(CC(=O)C2CCC(C)O2)n(CC)n1. The van der Waals surface area contributed by atoms with Crippen molar-refractivity contribution in [2.75, 3.05) is 0 Å². The van der Waals surface area contributed by atoms with Crippen LogP contribution in [0.1, 0.15) is 45.0 Å². The first-order valence-corrected chi connectivity index (χ1v) is 6.87. The van der Waals surface area contributed by atoms with Gasteiger partial charge in [-0.3, -0.25) is 9.48 Å². The standard InChI is InChI=1S/C14H22N2O2/c1-4-11-8-12(16(5-2)15-11)9-13(17)14-7-6-10(3)18-14/h8,10,14H,4-7,9H2,1-3H3. The van der Waals surface area contributed by atoms with E-state index in [2.05, 4.69) is 18.9 Å². The van der Waals surface area contributed by atoms with Crippen molar-refractivity contribution in [2.45, 2.75) is 65.2 Å². The minimum Gasteiger partial charge on any atom is -0.367 e. The molecule has 0 aromatic carbocycles. The van der Waals surface area contributed by atoms with Crippen molar-refractivity contribution in [3.8, 4) is 0 Å². The summed E-state index contributed by atoms with van der Waals surface area (Å²) in [6.07, 6.45) is 3.22. The molecular formula is C14H22N2O2. The van der Waals surface area contributed by atoms with Gasteiger partial charge in [-0.05, 0) is 39.2 Å². The second-order valence-corrected chi connectivity index (χ2v) is 4.95. The molecule has 1 fully saturated rings. The van der Waals surface area contributed by atoms with Crippen molar-refractivity contribution in [1.29, 1.82) is 0 Å². The fraction of sp³-hybridized carbons (Fsp3) is 0.714. The van der Waals surface area contributed by atoms with Gasteiger partial charge in [0.1, 0.15) is 6.10 Å². The second-order valence-electron chi connectivity index (χ2n) is 4.95. The van der Waals surface area contributed by atoms with Gasteiger partial charge in [0.05, 0.1) is 18.2 Å². The first-order chi connectivity index (χ1) is 8.63. The molecule has 1 aliphatic rings. The van der Waals surface area contributed by atoms with Crippen LogP contribution in [0.15, 0.2) is 6.07 Å². The minimum atomic E-state index is -0.203. The van der Waals surface area contributed by atoms with Crippen molar-refractivity contribution in [3.63, 3.8) is 0 Å². The lowest BCUT2D eigenvalue weighted by atomic mass is 10.1. The molecule has 1 aromatic rings. The van der Waals surface area contributed by atoms with E-state index in [1.807, 2.05) is 17.7 Å². The number of ketones is 1. The van der Waals surface area contributed by atoms with Gasteiger partial charge < -0.3 is 4.74 Å². The van der Waals surface area contributed by atoms with Gasteiger partial charge in [-0.25, -0.2) is 0 Å². The van der Waals surface area contributed by atoms with Crippen LogP contribution < -0.4 is 0 Å². The summed E-state index contributed by atoms with van der Waals surface area (Å²) in [5.74, 6) is 0.191. The topological polar surface area (TPSA) is 44.1 Å². The predicted molar refractivity (Wildman–Crippen MR) is 69.6 cm³/mol. The Bertz CT molecular complexity index is 425. The summed E-state index contributed by atoms with van der Waals surface area (Å²) in [4.78, 5) is 12.2. The fourth-order valence-electron chi connectivity index (χ4n) is 2.44. The van der Waals surface area contributed by atoms with Gasteiger partial charge in [-0.1, -0.05) is 6.92 Å². The first kappa shape index (κ1) is 13.3. The monoisotopic (exact) mass is 250 g/mol. The van der Waals surface area contributed by atoms with Crippen LogP contribution in [-0.2, 0) is 28.9 Å². The number of carbonyl (C=O) groups excluding carboxylic acids is 1. The van der Waals surface area contributed by atoms with E-state index in [1.165, 1.54) is 0 Å². The van der Waals surface area contributed by atoms with Crippen LogP contribution in [0.5, 0.6) is 0 Å². The predicted octanol–water partition coefficient (Wildman–Crippen LogP) is 2.14. The van der Waals surface area contributed by atoms with E-state index in [0.717, 1.165) is 37.2 Å². The van der Waals surface area contributed by atoms with Crippen LogP contribution in [0, 0.1) is 0 Å². The largest absolute Gasteiger partial charge is 0.367 e. The molecule has 1 aromatic heterocycles. The van der Waals surface area contributed by atoms with E-state index >= 15 is 0 Å². The number of aryl methyl sites for hydroxylation is 2. The summed E-state index contributed by atoms with van der Waals surface area (Å²) in [5, 5.41) is 4.47. The van der Waals surface area contributed by atoms with Crippen LogP contribution in [0.25, 0.3) is 0 Å². The Labute approximate surface area is 108 Å². The van der Waals surface area contributed by atoms with Gasteiger partial charge in [0.25, 0.3) is 0 Å². The molecule has 0 N–H and O–H groups in total. The fourth-order valence-corrected chi connectivity index (χ4v) is 2.44. The number of carbonyl (C=O) groups is 1. The molecule has 2 atom stereocenters. The molecule has 0 radical (unpaired) electrons. The Hall–Kier alpha value is -1.16. The highest BCUT2D eigenvalue weighted by Crippen LogP contribution is 2.21. The molecule has 4 nitrogen and oxygen atoms in total. The molecule has 4 heteroatoms. The Morgan fingerprint density at radius 2 is 2.28 bits per heavy atom. The third kappa shape index (κ3) is 2.80. The molecular weight excluding hydrogens is 228 g/mol. The molecule has 2 heterocycles. The highest BCUT2D eigenvalue weighted by atomic mass is 16.5. The van der Waals surface area contributed by atoms with Crippen molar-refractivity contribution >= 4 is 5.78 Å². The molecule has 0 amide bonds. The maximum absolute atomic E-state index is 12.2. The summed E-state index contributed by atoms with van der Waals surface area (Å²) in [6, 6.07) is 2.04. The summed E-state index contributed by atoms with van der Waals surface area (Å²) in [5.41, 5.74) is 2.07. The lowest BCUT2D eigenvalue weighted by Gasteiger charge is -2.10. The zero-order chi connectivity index (χ0) is 13.1. The van der Waals surface area contributed by atoms with Gasteiger partial charge in [-0.15, -0.1) is 0 Å². The molecule has 1 aliphatic heterocycles. The van der Waals surface area contributed by atoms with E-state index in [-0.39, 0.29) is 18.0 Å². The average Bonchev–Trinajstić information content (AvgIpc) is 2.95. The third-order valence-corrected chi connectivity index (χ3v) is 3.52. The Morgan fingerprint density at radius 3 is 2.83 bits per heavy atom. The van der Waals surface area contributed by atoms with Gasteiger partial charge in [0.15, 0.2) is 5.78 Å². The van der Waals surface area contributed by atoms with E-state index in [9.17, 15) is 4.79 Å².